The normalized spacial score (nSPS) is 17.3. The summed E-state index contributed by atoms with van der Waals surface area (Å²) in [6.45, 7) is 1.65. The highest BCUT2D eigenvalue weighted by Crippen LogP contribution is 2.17. The molecule has 6 heteroatoms. The molecule has 2 rings (SSSR count). The van der Waals surface area contributed by atoms with E-state index in [1.165, 1.54) is 4.31 Å². The number of rotatable bonds is 3. The van der Waals surface area contributed by atoms with Gasteiger partial charge in [-0.2, -0.15) is 9.57 Å². The summed E-state index contributed by atoms with van der Waals surface area (Å²) in [4.78, 5) is 0.270. The topological polar surface area (TPSA) is 70.4 Å². The molecule has 1 aromatic carbocycles. The van der Waals surface area contributed by atoms with Gasteiger partial charge in [0.25, 0.3) is 0 Å². The first kappa shape index (κ1) is 13.0. The first-order valence-corrected chi connectivity index (χ1v) is 7.12. The second kappa shape index (κ2) is 5.48. The summed E-state index contributed by atoms with van der Waals surface area (Å²) in [7, 11) is -3.42. The van der Waals surface area contributed by atoms with E-state index in [0.717, 1.165) is 5.56 Å². The third-order valence-corrected chi connectivity index (χ3v) is 4.73. The van der Waals surface area contributed by atoms with Crippen LogP contribution in [0.5, 0.6) is 0 Å². The quantitative estimate of drug-likeness (QED) is 0.810. The molecule has 0 amide bonds. The Bertz CT molecular complexity index is 540. The Balaban J connectivity index is 2.21. The van der Waals surface area contributed by atoms with Gasteiger partial charge in [0, 0.05) is 13.1 Å². The van der Waals surface area contributed by atoms with Crippen LogP contribution in [0, 0.1) is 11.3 Å². The molecular weight excluding hydrogens is 252 g/mol. The van der Waals surface area contributed by atoms with Crippen LogP contribution < -0.4 is 0 Å². The molecule has 0 bridgehead atoms. The Morgan fingerprint density at radius 3 is 2.39 bits per heavy atom. The van der Waals surface area contributed by atoms with Crippen molar-refractivity contribution in [3.8, 4) is 6.07 Å². The van der Waals surface area contributed by atoms with Gasteiger partial charge < -0.3 is 4.74 Å². The lowest BCUT2D eigenvalue weighted by molar-refractivity contribution is 0.0730. The highest BCUT2D eigenvalue weighted by atomic mass is 32.2. The minimum atomic E-state index is -3.42. The van der Waals surface area contributed by atoms with Gasteiger partial charge in [0.15, 0.2) is 0 Å². The summed E-state index contributed by atoms with van der Waals surface area (Å²) < 4.78 is 31.1. The van der Waals surface area contributed by atoms with Crippen LogP contribution in [-0.4, -0.2) is 39.0 Å². The molecule has 1 heterocycles. The number of nitrogens with zero attached hydrogens (tertiary/aromatic N) is 2. The molecule has 0 spiro atoms. The molecule has 1 aliphatic rings. The second-order valence-corrected chi connectivity index (χ2v) is 5.93. The second-order valence-electron chi connectivity index (χ2n) is 4.00. The van der Waals surface area contributed by atoms with Crippen molar-refractivity contribution >= 4 is 10.0 Å². The first-order valence-electron chi connectivity index (χ1n) is 5.68. The highest BCUT2D eigenvalue weighted by Gasteiger charge is 2.25. The summed E-state index contributed by atoms with van der Waals surface area (Å²) in [5.74, 6) is 0. The van der Waals surface area contributed by atoms with Crippen LogP contribution in [0.25, 0.3) is 0 Å². The lowest BCUT2D eigenvalue weighted by Gasteiger charge is -2.26. The fourth-order valence-electron chi connectivity index (χ4n) is 1.81. The fourth-order valence-corrected chi connectivity index (χ4v) is 3.21. The number of ether oxygens (including phenoxy) is 1. The van der Waals surface area contributed by atoms with Crippen LogP contribution in [0.1, 0.15) is 5.56 Å². The van der Waals surface area contributed by atoms with Crippen LogP contribution in [-0.2, 0) is 21.2 Å². The van der Waals surface area contributed by atoms with E-state index in [2.05, 4.69) is 0 Å². The smallest absolute Gasteiger partial charge is 0.243 e. The van der Waals surface area contributed by atoms with Gasteiger partial charge in [-0.1, -0.05) is 12.1 Å². The van der Waals surface area contributed by atoms with Crippen LogP contribution in [0.4, 0.5) is 0 Å². The summed E-state index contributed by atoms with van der Waals surface area (Å²) >= 11 is 0. The van der Waals surface area contributed by atoms with Crippen molar-refractivity contribution in [2.75, 3.05) is 26.3 Å². The average Bonchev–Trinajstić information content (AvgIpc) is 2.41. The molecule has 96 valence electrons. The molecule has 0 unspecified atom stereocenters. The molecule has 1 aliphatic heterocycles. The predicted molar refractivity (Wildman–Crippen MR) is 65.3 cm³/mol. The number of benzene rings is 1. The molecule has 0 aliphatic carbocycles. The maximum atomic E-state index is 12.3. The van der Waals surface area contributed by atoms with E-state index < -0.39 is 10.0 Å². The molecule has 0 N–H and O–H groups in total. The number of nitriles is 1. The van der Waals surface area contributed by atoms with Gasteiger partial charge in [0.2, 0.25) is 10.0 Å². The van der Waals surface area contributed by atoms with Gasteiger partial charge >= 0.3 is 0 Å². The predicted octanol–water partition coefficient (Wildman–Crippen LogP) is 0.774. The van der Waals surface area contributed by atoms with E-state index in [1.807, 2.05) is 6.07 Å². The van der Waals surface area contributed by atoms with Crippen molar-refractivity contribution in [3.63, 3.8) is 0 Å². The number of hydrogen-bond donors (Lipinski definition) is 0. The van der Waals surface area contributed by atoms with Crippen molar-refractivity contribution in [3.05, 3.63) is 29.8 Å². The van der Waals surface area contributed by atoms with Crippen molar-refractivity contribution < 1.29 is 13.2 Å². The lowest BCUT2D eigenvalue weighted by Crippen LogP contribution is -2.40. The minimum Gasteiger partial charge on any atom is -0.379 e. The minimum absolute atomic E-state index is 0.270. The van der Waals surface area contributed by atoms with Gasteiger partial charge in [-0.3, -0.25) is 0 Å². The van der Waals surface area contributed by atoms with E-state index in [4.69, 9.17) is 10.00 Å². The zero-order valence-electron chi connectivity index (χ0n) is 9.87. The van der Waals surface area contributed by atoms with Gasteiger partial charge in [-0.05, 0) is 17.7 Å². The molecule has 0 aromatic heterocycles. The molecular formula is C12H14N2O3S. The van der Waals surface area contributed by atoms with Gasteiger partial charge in [-0.15, -0.1) is 0 Å². The monoisotopic (exact) mass is 266 g/mol. The molecule has 5 nitrogen and oxygen atoms in total. The SMILES string of the molecule is N#CCc1ccc(S(=O)(=O)N2CCOCC2)cc1. The largest absolute Gasteiger partial charge is 0.379 e. The molecule has 0 atom stereocenters. The maximum Gasteiger partial charge on any atom is 0.243 e. The van der Waals surface area contributed by atoms with Gasteiger partial charge in [0.05, 0.1) is 30.6 Å². The van der Waals surface area contributed by atoms with Crippen molar-refractivity contribution in [1.82, 2.24) is 4.31 Å². The van der Waals surface area contributed by atoms with Crippen molar-refractivity contribution in [2.24, 2.45) is 0 Å². The van der Waals surface area contributed by atoms with E-state index >= 15 is 0 Å². The van der Waals surface area contributed by atoms with Gasteiger partial charge in [0.1, 0.15) is 0 Å². The molecule has 0 radical (unpaired) electrons. The van der Waals surface area contributed by atoms with Crippen LogP contribution in [0.3, 0.4) is 0 Å². The van der Waals surface area contributed by atoms with E-state index in [-0.39, 0.29) is 11.3 Å². The summed E-state index contributed by atoms with van der Waals surface area (Å²) in [6.07, 6.45) is 0.290. The Hall–Kier alpha value is -1.42. The third-order valence-electron chi connectivity index (χ3n) is 2.81. The Kier molecular flexibility index (Phi) is 3.97. The zero-order chi connectivity index (χ0) is 13.0. The maximum absolute atomic E-state index is 12.3. The summed E-state index contributed by atoms with van der Waals surface area (Å²) in [5.41, 5.74) is 0.818. The van der Waals surface area contributed by atoms with Crippen LogP contribution in [0.2, 0.25) is 0 Å². The Labute approximate surface area is 107 Å². The van der Waals surface area contributed by atoms with Crippen molar-refractivity contribution in [2.45, 2.75) is 11.3 Å². The first-order chi connectivity index (χ1) is 8.64. The van der Waals surface area contributed by atoms with Gasteiger partial charge in [-0.25, -0.2) is 8.42 Å². The summed E-state index contributed by atoms with van der Waals surface area (Å²) in [6, 6.07) is 8.49. The highest BCUT2D eigenvalue weighted by molar-refractivity contribution is 7.89. The van der Waals surface area contributed by atoms with E-state index in [9.17, 15) is 8.42 Å². The van der Waals surface area contributed by atoms with Crippen molar-refractivity contribution in [1.29, 1.82) is 5.26 Å². The van der Waals surface area contributed by atoms with E-state index in [0.29, 0.717) is 26.3 Å². The molecule has 1 aromatic rings. The third kappa shape index (κ3) is 2.70. The summed E-state index contributed by atoms with van der Waals surface area (Å²) in [5, 5.41) is 8.56. The lowest BCUT2D eigenvalue weighted by atomic mass is 10.2. The molecule has 0 saturated carbocycles. The fraction of sp³-hybridized carbons (Fsp3) is 0.417. The average molecular weight is 266 g/mol. The molecule has 1 fully saturated rings. The standard InChI is InChI=1S/C12H14N2O3S/c13-6-5-11-1-3-12(4-2-11)18(15,16)14-7-9-17-10-8-14/h1-4H,5,7-10H2. The number of morpholine rings is 1. The van der Waals surface area contributed by atoms with Crippen LogP contribution in [0.15, 0.2) is 29.2 Å². The molecule has 1 saturated heterocycles. The molecule has 18 heavy (non-hydrogen) atoms. The van der Waals surface area contributed by atoms with E-state index in [1.54, 1.807) is 24.3 Å². The Morgan fingerprint density at radius 2 is 1.83 bits per heavy atom. The van der Waals surface area contributed by atoms with Crippen LogP contribution >= 0.6 is 0 Å². The number of hydrogen-bond acceptors (Lipinski definition) is 4. The number of sulfonamides is 1. The Morgan fingerprint density at radius 1 is 1.22 bits per heavy atom. The zero-order valence-corrected chi connectivity index (χ0v) is 10.7.